The summed E-state index contributed by atoms with van der Waals surface area (Å²) in [6.07, 6.45) is 0. The smallest absolute Gasteiger partial charge is 0.113 e. The minimum atomic E-state index is -0.594. The average molecular weight is 589 g/mol. The summed E-state index contributed by atoms with van der Waals surface area (Å²) < 4.78 is 0. The van der Waals surface area contributed by atoms with Crippen LogP contribution in [0, 0.1) is 0 Å². The molecule has 3 heteroatoms. The average Bonchev–Trinajstić information content (AvgIpc) is 3.13. The third-order valence-corrected chi connectivity index (χ3v) is 8.52. The molecule has 1 N–H and O–H groups in total. The Balaban J connectivity index is 1.39. The Bertz CT molecular complexity index is 1940. The van der Waals surface area contributed by atoms with Crippen molar-refractivity contribution in [3.63, 3.8) is 0 Å². The van der Waals surface area contributed by atoms with Gasteiger partial charge in [-0.15, -0.1) is 0 Å². The van der Waals surface area contributed by atoms with Gasteiger partial charge in [0.15, 0.2) is 0 Å². The van der Waals surface area contributed by atoms with Crippen LogP contribution in [0.3, 0.4) is 0 Å². The summed E-state index contributed by atoms with van der Waals surface area (Å²) in [6, 6.07) is 68.2. The van der Waals surface area contributed by atoms with E-state index < -0.39 is 5.41 Å². The first-order chi connectivity index (χ1) is 22.7. The zero-order valence-corrected chi connectivity index (χ0v) is 25.5. The van der Waals surface area contributed by atoms with Gasteiger partial charge in [-0.3, -0.25) is 0 Å². The molecule has 0 aromatic heterocycles. The summed E-state index contributed by atoms with van der Waals surface area (Å²) >= 11 is 0. The normalized spacial score (nSPS) is 12.2. The maximum atomic E-state index is 6.23. The summed E-state index contributed by atoms with van der Waals surface area (Å²) in [6.45, 7) is 0. The number of para-hydroxylation sites is 3. The van der Waals surface area contributed by atoms with Gasteiger partial charge in [-0.05, 0) is 82.9 Å². The summed E-state index contributed by atoms with van der Waals surface area (Å²) in [7, 11) is 6.23. The second-order valence-corrected chi connectivity index (χ2v) is 11.4. The van der Waals surface area contributed by atoms with E-state index in [-0.39, 0.29) is 0 Å². The molecular weight excluding hydrogens is 555 g/mol. The Labute approximate surface area is 273 Å². The number of hydrogen-bond acceptors (Lipinski definition) is 2. The highest BCUT2D eigenvalue weighted by Crippen LogP contribution is 2.46. The quantitative estimate of drug-likeness (QED) is 0.133. The monoisotopic (exact) mass is 588 g/mol. The first-order valence-corrected chi connectivity index (χ1v) is 15.6. The molecule has 0 fully saturated rings. The molecule has 2 radical (unpaired) electrons. The molecule has 1 unspecified atom stereocenters. The molecule has 7 aromatic rings. The van der Waals surface area contributed by atoms with Crippen molar-refractivity contribution in [3.05, 3.63) is 216 Å². The van der Waals surface area contributed by atoms with Crippen molar-refractivity contribution in [2.24, 2.45) is 0 Å². The molecule has 0 aliphatic rings. The standard InChI is InChI=1S/C43H33BN2/c44-37-27-21-34(22-28-37)43(33-13-5-1-6-14-33,35-23-29-39(30-24-35)45-38-15-7-2-8-16-38)36-25-31-42(32-26-36)46(40-17-9-3-10-18-40)41-19-11-4-12-20-41/h1-32,45H. The van der Waals surface area contributed by atoms with Crippen LogP contribution in [0.25, 0.3) is 0 Å². The van der Waals surface area contributed by atoms with Crippen molar-refractivity contribution >= 4 is 41.7 Å². The maximum Gasteiger partial charge on any atom is 0.113 e. The fourth-order valence-electron chi connectivity index (χ4n) is 6.37. The molecular formula is C43H33BN2. The molecule has 0 heterocycles. The van der Waals surface area contributed by atoms with E-state index in [9.17, 15) is 0 Å². The fraction of sp³-hybridized carbons (Fsp3) is 0.0233. The van der Waals surface area contributed by atoms with E-state index in [1.807, 2.05) is 30.3 Å². The molecule has 1 atom stereocenters. The van der Waals surface area contributed by atoms with Crippen LogP contribution in [0.1, 0.15) is 22.3 Å². The van der Waals surface area contributed by atoms with Gasteiger partial charge in [0.05, 0.1) is 5.41 Å². The lowest BCUT2D eigenvalue weighted by molar-refractivity contribution is 0.745. The lowest BCUT2D eigenvalue weighted by Gasteiger charge is -2.37. The van der Waals surface area contributed by atoms with Crippen molar-refractivity contribution in [2.75, 3.05) is 10.2 Å². The molecule has 0 saturated carbocycles. The van der Waals surface area contributed by atoms with E-state index in [1.165, 1.54) is 5.56 Å². The summed E-state index contributed by atoms with van der Waals surface area (Å²) in [5, 5.41) is 3.54. The van der Waals surface area contributed by atoms with E-state index >= 15 is 0 Å². The minimum absolute atomic E-state index is 0.594. The van der Waals surface area contributed by atoms with Gasteiger partial charge in [-0.25, -0.2) is 0 Å². The van der Waals surface area contributed by atoms with Crippen LogP contribution in [0.5, 0.6) is 0 Å². The third-order valence-electron chi connectivity index (χ3n) is 8.52. The molecule has 7 rings (SSSR count). The summed E-state index contributed by atoms with van der Waals surface area (Å²) in [5.41, 5.74) is 10.2. The van der Waals surface area contributed by atoms with Gasteiger partial charge < -0.3 is 10.2 Å². The Kier molecular flexibility index (Phi) is 8.22. The highest BCUT2D eigenvalue weighted by Gasteiger charge is 2.38. The van der Waals surface area contributed by atoms with Crippen molar-refractivity contribution in [1.82, 2.24) is 0 Å². The number of anilines is 5. The van der Waals surface area contributed by atoms with Gasteiger partial charge in [0, 0.05) is 28.4 Å². The van der Waals surface area contributed by atoms with E-state index in [2.05, 4.69) is 174 Å². The van der Waals surface area contributed by atoms with Gasteiger partial charge in [-0.1, -0.05) is 139 Å². The summed E-state index contributed by atoms with van der Waals surface area (Å²) in [5.74, 6) is 0. The van der Waals surface area contributed by atoms with Gasteiger partial charge in [-0.2, -0.15) is 0 Å². The number of hydrogen-bond donors (Lipinski definition) is 1. The predicted octanol–water partition coefficient (Wildman–Crippen LogP) is 10.1. The first-order valence-electron chi connectivity index (χ1n) is 15.6. The van der Waals surface area contributed by atoms with Gasteiger partial charge in [0.1, 0.15) is 7.85 Å². The maximum absolute atomic E-state index is 6.23. The number of nitrogens with one attached hydrogen (secondary N) is 1. The lowest BCUT2D eigenvalue weighted by Crippen LogP contribution is -2.31. The number of rotatable bonds is 9. The van der Waals surface area contributed by atoms with Gasteiger partial charge in [0.25, 0.3) is 0 Å². The fourth-order valence-corrected chi connectivity index (χ4v) is 6.37. The van der Waals surface area contributed by atoms with Crippen LogP contribution in [0.4, 0.5) is 28.4 Å². The van der Waals surface area contributed by atoms with Crippen molar-refractivity contribution in [1.29, 1.82) is 0 Å². The predicted molar refractivity (Wildman–Crippen MR) is 195 cm³/mol. The topological polar surface area (TPSA) is 15.3 Å². The Morgan fingerprint density at radius 3 is 1.20 bits per heavy atom. The third kappa shape index (κ3) is 5.71. The van der Waals surface area contributed by atoms with Crippen molar-refractivity contribution < 1.29 is 0 Å². The second kappa shape index (κ2) is 13.1. The van der Waals surface area contributed by atoms with Crippen molar-refractivity contribution in [2.45, 2.75) is 5.41 Å². The molecule has 0 aliphatic carbocycles. The Hall–Kier alpha value is -5.80. The van der Waals surface area contributed by atoms with Crippen LogP contribution >= 0.6 is 0 Å². The second-order valence-electron chi connectivity index (χ2n) is 11.4. The number of benzene rings is 7. The van der Waals surface area contributed by atoms with Crippen LogP contribution in [-0.4, -0.2) is 7.85 Å². The molecule has 46 heavy (non-hydrogen) atoms. The van der Waals surface area contributed by atoms with Crippen LogP contribution < -0.4 is 15.7 Å². The molecule has 2 nitrogen and oxygen atoms in total. The lowest BCUT2D eigenvalue weighted by atomic mass is 9.65. The molecule has 0 saturated heterocycles. The minimum Gasteiger partial charge on any atom is -0.356 e. The highest BCUT2D eigenvalue weighted by atomic mass is 15.1. The largest absolute Gasteiger partial charge is 0.356 e. The zero-order valence-electron chi connectivity index (χ0n) is 25.5. The SMILES string of the molecule is [B]c1ccc(C(c2ccccc2)(c2ccc(Nc3ccccc3)cc2)c2ccc(N(c3ccccc3)c3ccccc3)cc2)cc1. The van der Waals surface area contributed by atoms with E-state index in [0.717, 1.165) is 50.6 Å². The van der Waals surface area contributed by atoms with E-state index in [1.54, 1.807) is 0 Å². The Morgan fingerprint density at radius 1 is 0.348 bits per heavy atom. The van der Waals surface area contributed by atoms with Crippen LogP contribution in [0.15, 0.2) is 194 Å². The molecule has 7 aromatic carbocycles. The molecule has 0 spiro atoms. The molecule has 218 valence electrons. The van der Waals surface area contributed by atoms with Gasteiger partial charge in [0.2, 0.25) is 0 Å². The Morgan fingerprint density at radius 2 is 0.696 bits per heavy atom. The highest BCUT2D eigenvalue weighted by molar-refractivity contribution is 6.32. The summed E-state index contributed by atoms with van der Waals surface area (Å²) in [4.78, 5) is 2.29. The van der Waals surface area contributed by atoms with E-state index in [0.29, 0.717) is 0 Å². The molecule has 0 amide bonds. The van der Waals surface area contributed by atoms with E-state index in [4.69, 9.17) is 7.85 Å². The zero-order chi connectivity index (χ0) is 31.2. The molecule has 0 bridgehead atoms. The van der Waals surface area contributed by atoms with Crippen molar-refractivity contribution in [3.8, 4) is 0 Å². The van der Waals surface area contributed by atoms with Gasteiger partial charge >= 0.3 is 0 Å². The number of nitrogens with zero attached hydrogens (tertiary/aromatic N) is 1. The van der Waals surface area contributed by atoms with Crippen LogP contribution in [-0.2, 0) is 5.41 Å². The van der Waals surface area contributed by atoms with Crippen LogP contribution in [0.2, 0.25) is 0 Å². The molecule has 0 aliphatic heterocycles. The first kappa shape index (κ1) is 28.9.